The number of fused-ring (bicyclic) bond motifs is 7. The first-order valence-electron chi connectivity index (χ1n) is 7.86. The summed E-state index contributed by atoms with van der Waals surface area (Å²) in [5, 5.41) is 0.668. The number of aryl methyl sites for hydroxylation is 1. The lowest BCUT2D eigenvalue weighted by molar-refractivity contribution is 0.0973. The third-order valence-corrected chi connectivity index (χ3v) is 6.17. The SMILES string of the molecule is C[C@@H]1CCc2c(sc3c2c(=O)nc2n3C(=O)c3ccccc3-2)C1. The molecule has 1 aliphatic carbocycles. The number of rotatable bonds is 0. The normalized spacial score (nSPS) is 18.8. The molecule has 0 spiro atoms. The Bertz CT molecular complexity index is 1060. The van der Waals surface area contributed by atoms with Gasteiger partial charge in [0.1, 0.15) is 4.83 Å². The van der Waals surface area contributed by atoms with Crippen molar-refractivity contribution in [3.05, 3.63) is 50.6 Å². The number of carbonyl (C=O) groups is 1. The Morgan fingerprint density at radius 3 is 2.83 bits per heavy atom. The van der Waals surface area contributed by atoms with Crippen LogP contribution in [0.3, 0.4) is 0 Å². The smallest absolute Gasteiger partial charge is 0.268 e. The summed E-state index contributed by atoms with van der Waals surface area (Å²) in [6.07, 6.45) is 2.99. The molecule has 0 radical (unpaired) electrons. The lowest BCUT2D eigenvalue weighted by atomic mass is 9.89. The summed E-state index contributed by atoms with van der Waals surface area (Å²) >= 11 is 1.60. The zero-order valence-electron chi connectivity index (χ0n) is 12.6. The van der Waals surface area contributed by atoms with Crippen molar-refractivity contribution in [3.63, 3.8) is 0 Å². The molecule has 114 valence electrons. The topological polar surface area (TPSA) is 52.0 Å². The first-order valence-corrected chi connectivity index (χ1v) is 8.68. The zero-order chi connectivity index (χ0) is 15.7. The maximum atomic E-state index is 12.8. The van der Waals surface area contributed by atoms with Gasteiger partial charge < -0.3 is 0 Å². The summed E-state index contributed by atoms with van der Waals surface area (Å²) in [6, 6.07) is 7.39. The highest BCUT2D eigenvalue weighted by Gasteiger charge is 2.32. The molecular formula is C18H14N2O2S. The predicted octanol–water partition coefficient (Wildman–Crippen LogP) is 3.25. The minimum absolute atomic E-state index is 0.0697. The second kappa shape index (κ2) is 4.38. The fourth-order valence-electron chi connectivity index (χ4n) is 3.77. The van der Waals surface area contributed by atoms with Gasteiger partial charge >= 0.3 is 0 Å². The Morgan fingerprint density at radius 1 is 1.22 bits per heavy atom. The Labute approximate surface area is 136 Å². The summed E-state index contributed by atoms with van der Waals surface area (Å²) in [7, 11) is 0. The average molecular weight is 322 g/mol. The molecule has 0 bridgehead atoms. The van der Waals surface area contributed by atoms with E-state index in [1.54, 1.807) is 22.0 Å². The van der Waals surface area contributed by atoms with Gasteiger partial charge in [-0.3, -0.25) is 9.59 Å². The average Bonchev–Trinajstić information content (AvgIpc) is 3.04. The van der Waals surface area contributed by atoms with E-state index in [0.717, 1.165) is 35.2 Å². The highest BCUT2D eigenvalue weighted by atomic mass is 32.1. The van der Waals surface area contributed by atoms with Gasteiger partial charge in [-0.1, -0.05) is 25.1 Å². The molecular weight excluding hydrogens is 308 g/mol. The van der Waals surface area contributed by atoms with Gasteiger partial charge in [-0.05, 0) is 36.8 Å². The number of benzene rings is 1. The van der Waals surface area contributed by atoms with Crippen molar-refractivity contribution in [2.24, 2.45) is 5.92 Å². The molecule has 0 saturated carbocycles. The van der Waals surface area contributed by atoms with Gasteiger partial charge in [0.2, 0.25) is 0 Å². The van der Waals surface area contributed by atoms with Gasteiger partial charge in [-0.2, -0.15) is 4.98 Å². The molecule has 0 N–H and O–H groups in total. The van der Waals surface area contributed by atoms with E-state index in [0.29, 0.717) is 22.7 Å². The van der Waals surface area contributed by atoms with E-state index in [-0.39, 0.29) is 11.5 Å². The fraction of sp³-hybridized carbons (Fsp3) is 0.278. The first kappa shape index (κ1) is 13.2. The van der Waals surface area contributed by atoms with Crippen LogP contribution in [0.15, 0.2) is 29.1 Å². The van der Waals surface area contributed by atoms with Crippen LogP contribution >= 0.6 is 11.3 Å². The lowest BCUT2D eigenvalue weighted by Crippen LogP contribution is -2.17. The maximum Gasteiger partial charge on any atom is 0.282 e. The highest BCUT2D eigenvalue weighted by Crippen LogP contribution is 2.40. The summed E-state index contributed by atoms with van der Waals surface area (Å²) in [4.78, 5) is 31.8. The van der Waals surface area contributed by atoms with Crippen LogP contribution in [0.25, 0.3) is 21.6 Å². The van der Waals surface area contributed by atoms with Crippen LogP contribution in [0, 0.1) is 5.92 Å². The molecule has 1 aromatic carbocycles. The Hall–Kier alpha value is -2.27. The number of hydrogen-bond acceptors (Lipinski definition) is 4. The standard InChI is InChI=1S/C18H14N2O2S/c1-9-6-7-12-13(8-9)23-18-14(12)16(21)19-15-10-4-2-3-5-11(10)17(22)20(15)18/h2-5,9H,6-8H2,1H3/t9-/m1/s1. The Morgan fingerprint density at radius 2 is 2.00 bits per heavy atom. The third kappa shape index (κ3) is 1.63. The summed E-state index contributed by atoms with van der Waals surface area (Å²) < 4.78 is 1.65. The van der Waals surface area contributed by atoms with E-state index < -0.39 is 0 Å². The Balaban J connectivity index is 1.90. The van der Waals surface area contributed by atoms with Crippen molar-refractivity contribution >= 4 is 27.5 Å². The van der Waals surface area contributed by atoms with E-state index in [1.165, 1.54) is 4.88 Å². The van der Waals surface area contributed by atoms with Crippen LogP contribution in [-0.2, 0) is 12.8 Å². The van der Waals surface area contributed by atoms with Crippen LogP contribution in [-0.4, -0.2) is 15.5 Å². The molecule has 1 atom stereocenters. The van der Waals surface area contributed by atoms with Crippen molar-refractivity contribution < 1.29 is 4.79 Å². The molecule has 5 heteroatoms. The van der Waals surface area contributed by atoms with Crippen molar-refractivity contribution in [1.82, 2.24) is 9.55 Å². The van der Waals surface area contributed by atoms with Crippen molar-refractivity contribution in [2.45, 2.75) is 26.2 Å². The summed E-state index contributed by atoms with van der Waals surface area (Å²) in [5.41, 5.74) is 2.32. The number of aromatic nitrogens is 2. The quantitative estimate of drug-likeness (QED) is 0.499. The van der Waals surface area contributed by atoms with Gasteiger partial charge in [-0.15, -0.1) is 11.3 Å². The van der Waals surface area contributed by atoms with Gasteiger partial charge in [0.25, 0.3) is 11.5 Å². The molecule has 4 nitrogen and oxygen atoms in total. The fourth-order valence-corrected chi connectivity index (χ4v) is 5.27. The van der Waals surface area contributed by atoms with Crippen LogP contribution < -0.4 is 5.56 Å². The monoisotopic (exact) mass is 322 g/mol. The zero-order valence-corrected chi connectivity index (χ0v) is 13.4. The molecule has 1 aliphatic heterocycles. The van der Waals surface area contributed by atoms with E-state index in [9.17, 15) is 9.59 Å². The molecule has 3 heterocycles. The van der Waals surface area contributed by atoms with Gasteiger partial charge in [-0.25, -0.2) is 4.57 Å². The second-order valence-electron chi connectivity index (χ2n) is 6.46. The molecule has 0 fully saturated rings. The minimum Gasteiger partial charge on any atom is -0.268 e. The van der Waals surface area contributed by atoms with Gasteiger partial charge in [0.15, 0.2) is 5.82 Å². The number of nitrogens with zero attached hydrogens (tertiary/aromatic N) is 2. The molecule has 2 aromatic heterocycles. The summed E-state index contributed by atoms with van der Waals surface area (Å²) in [6.45, 7) is 2.24. The van der Waals surface area contributed by atoms with Crippen molar-refractivity contribution in [2.75, 3.05) is 0 Å². The highest BCUT2D eigenvalue weighted by molar-refractivity contribution is 7.19. The lowest BCUT2D eigenvalue weighted by Gasteiger charge is -2.17. The molecule has 5 rings (SSSR count). The molecule has 0 saturated heterocycles. The molecule has 0 amide bonds. The van der Waals surface area contributed by atoms with E-state index in [4.69, 9.17) is 0 Å². The van der Waals surface area contributed by atoms with Crippen LogP contribution in [0.5, 0.6) is 0 Å². The van der Waals surface area contributed by atoms with Crippen LogP contribution in [0.2, 0.25) is 0 Å². The first-order chi connectivity index (χ1) is 11.1. The summed E-state index contributed by atoms with van der Waals surface area (Å²) in [5.74, 6) is 1.05. The van der Waals surface area contributed by atoms with E-state index in [2.05, 4.69) is 11.9 Å². The van der Waals surface area contributed by atoms with Crippen LogP contribution in [0.1, 0.15) is 34.1 Å². The van der Waals surface area contributed by atoms with Gasteiger partial charge in [0, 0.05) is 10.4 Å². The van der Waals surface area contributed by atoms with Crippen molar-refractivity contribution in [3.8, 4) is 11.4 Å². The van der Waals surface area contributed by atoms with E-state index >= 15 is 0 Å². The predicted molar refractivity (Wildman–Crippen MR) is 90.2 cm³/mol. The second-order valence-corrected chi connectivity index (χ2v) is 7.54. The minimum atomic E-state index is -0.192. The molecule has 2 aliphatic rings. The number of thiophene rings is 1. The molecule has 23 heavy (non-hydrogen) atoms. The van der Waals surface area contributed by atoms with E-state index in [1.807, 2.05) is 18.2 Å². The maximum absolute atomic E-state index is 12.8. The number of carbonyl (C=O) groups excluding carboxylic acids is 1. The largest absolute Gasteiger partial charge is 0.282 e. The Kier molecular flexibility index (Phi) is 2.52. The van der Waals surface area contributed by atoms with Crippen molar-refractivity contribution in [1.29, 1.82) is 0 Å². The third-order valence-electron chi connectivity index (χ3n) is 4.93. The van der Waals surface area contributed by atoms with Gasteiger partial charge in [0.05, 0.1) is 10.9 Å². The molecule has 0 unspecified atom stereocenters. The number of hydrogen-bond donors (Lipinski definition) is 0. The molecule has 3 aromatic rings. The van der Waals surface area contributed by atoms with Crippen LogP contribution in [0.4, 0.5) is 0 Å².